The summed E-state index contributed by atoms with van der Waals surface area (Å²) in [5, 5.41) is 0. The molecule has 0 saturated carbocycles. The number of ether oxygens (including phenoxy) is 2. The molecule has 2 N–H and O–H groups in total. The van der Waals surface area contributed by atoms with Crippen LogP contribution in [0.5, 0.6) is 0 Å². The topological polar surface area (TPSA) is 59.6 Å². The van der Waals surface area contributed by atoms with Crippen LogP contribution >= 0.6 is 0 Å². The number of hydrogen-bond donors (Lipinski definition) is 2. The molecule has 0 fully saturated rings. The van der Waals surface area contributed by atoms with Gasteiger partial charge in [-0.25, -0.2) is 10.2 Å². The number of rotatable bonds is 5. The Labute approximate surface area is 97.8 Å². The molecule has 5 heteroatoms. The Kier molecular flexibility index (Phi) is 6.36. The van der Waals surface area contributed by atoms with Gasteiger partial charge in [-0.2, -0.15) is 0 Å². The smallest absolute Gasteiger partial charge is 0.422 e. The van der Waals surface area contributed by atoms with Crippen LogP contribution in [0.25, 0.3) is 0 Å². The summed E-state index contributed by atoms with van der Waals surface area (Å²) in [6, 6.07) is 0. The summed E-state index contributed by atoms with van der Waals surface area (Å²) in [5.41, 5.74) is 4.78. The zero-order valence-electron chi connectivity index (χ0n) is 11.1. The fourth-order valence-corrected chi connectivity index (χ4v) is 1.12. The second-order valence-electron chi connectivity index (χ2n) is 5.03. The summed E-state index contributed by atoms with van der Waals surface area (Å²) < 4.78 is 10.3. The zero-order valence-corrected chi connectivity index (χ0v) is 11.1. The van der Waals surface area contributed by atoms with Gasteiger partial charge in [0.05, 0.1) is 6.10 Å². The normalized spacial score (nSPS) is 13.7. The standard InChI is InChI=1S/C11H24N2O3/c1-8(2)9(15-6)7-12-13-10(14)16-11(3,4)5/h8-9,12H,7H2,1-6H3,(H,13,14). The predicted molar refractivity (Wildman–Crippen MR) is 63.0 cm³/mol. The van der Waals surface area contributed by atoms with Crippen LogP contribution in [0.15, 0.2) is 0 Å². The van der Waals surface area contributed by atoms with Crippen LogP contribution in [-0.4, -0.2) is 31.5 Å². The molecule has 0 aromatic heterocycles. The zero-order chi connectivity index (χ0) is 12.8. The average Bonchev–Trinajstić information content (AvgIpc) is 2.08. The Morgan fingerprint density at radius 3 is 2.25 bits per heavy atom. The third-order valence-corrected chi connectivity index (χ3v) is 1.94. The van der Waals surface area contributed by atoms with E-state index in [9.17, 15) is 4.79 Å². The first kappa shape index (κ1) is 15.2. The van der Waals surface area contributed by atoms with Crippen molar-refractivity contribution in [1.29, 1.82) is 0 Å². The predicted octanol–water partition coefficient (Wildman–Crippen LogP) is 1.69. The van der Waals surface area contributed by atoms with Crippen molar-refractivity contribution in [3.63, 3.8) is 0 Å². The summed E-state index contributed by atoms with van der Waals surface area (Å²) in [5.74, 6) is 0.387. The van der Waals surface area contributed by atoms with E-state index in [0.717, 1.165) is 0 Å². The lowest BCUT2D eigenvalue weighted by Gasteiger charge is -2.22. The highest BCUT2D eigenvalue weighted by atomic mass is 16.6. The van der Waals surface area contributed by atoms with Crippen molar-refractivity contribution in [2.24, 2.45) is 5.92 Å². The lowest BCUT2D eigenvalue weighted by Crippen LogP contribution is -2.45. The van der Waals surface area contributed by atoms with E-state index >= 15 is 0 Å². The quantitative estimate of drug-likeness (QED) is 0.708. The van der Waals surface area contributed by atoms with Gasteiger partial charge in [0, 0.05) is 13.7 Å². The van der Waals surface area contributed by atoms with Gasteiger partial charge in [0.1, 0.15) is 5.60 Å². The molecule has 16 heavy (non-hydrogen) atoms. The second-order valence-corrected chi connectivity index (χ2v) is 5.03. The molecule has 1 unspecified atom stereocenters. The molecule has 0 aromatic rings. The van der Waals surface area contributed by atoms with Gasteiger partial charge in [-0.15, -0.1) is 0 Å². The molecule has 1 atom stereocenters. The van der Waals surface area contributed by atoms with Crippen molar-refractivity contribution in [3.05, 3.63) is 0 Å². The van der Waals surface area contributed by atoms with Crippen molar-refractivity contribution in [2.75, 3.05) is 13.7 Å². The minimum atomic E-state index is -0.482. The van der Waals surface area contributed by atoms with Crippen molar-refractivity contribution >= 4 is 6.09 Å². The molecule has 0 aliphatic heterocycles. The van der Waals surface area contributed by atoms with E-state index < -0.39 is 11.7 Å². The van der Waals surface area contributed by atoms with Crippen LogP contribution in [0.4, 0.5) is 4.79 Å². The van der Waals surface area contributed by atoms with Gasteiger partial charge in [-0.3, -0.25) is 5.43 Å². The Morgan fingerprint density at radius 2 is 1.88 bits per heavy atom. The molecule has 96 valence electrons. The largest absolute Gasteiger partial charge is 0.443 e. The number of nitrogens with one attached hydrogen (secondary N) is 2. The Bertz CT molecular complexity index is 212. The van der Waals surface area contributed by atoms with E-state index in [2.05, 4.69) is 24.7 Å². The third kappa shape index (κ3) is 7.48. The summed E-state index contributed by atoms with van der Waals surface area (Å²) in [6.07, 6.45) is -0.416. The minimum Gasteiger partial charge on any atom is -0.443 e. The van der Waals surface area contributed by atoms with Crippen molar-refractivity contribution in [1.82, 2.24) is 10.9 Å². The highest BCUT2D eigenvalue weighted by Crippen LogP contribution is 2.06. The van der Waals surface area contributed by atoms with Gasteiger partial charge in [-0.1, -0.05) is 13.8 Å². The number of hydrogen-bond acceptors (Lipinski definition) is 4. The molecule has 0 aromatic carbocycles. The first-order valence-corrected chi connectivity index (χ1v) is 5.51. The lowest BCUT2D eigenvalue weighted by atomic mass is 10.1. The highest BCUT2D eigenvalue weighted by molar-refractivity contribution is 5.66. The van der Waals surface area contributed by atoms with Gasteiger partial charge < -0.3 is 9.47 Å². The van der Waals surface area contributed by atoms with Gasteiger partial charge in [0.15, 0.2) is 0 Å². The molecule has 1 amide bonds. The molecule has 0 spiro atoms. The number of carbonyl (C=O) groups is 1. The fourth-order valence-electron chi connectivity index (χ4n) is 1.12. The van der Waals surface area contributed by atoms with E-state index in [4.69, 9.17) is 9.47 Å². The van der Waals surface area contributed by atoms with Gasteiger partial charge in [-0.05, 0) is 26.7 Å². The second kappa shape index (κ2) is 6.70. The maximum absolute atomic E-state index is 11.3. The Hall–Kier alpha value is -0.810. The minimum absolute atomic E-state index is 0.0648. The maximum atomic E-state index is 11.3. The van der Waals surface area contributed by atoms with E-state index in [1.54, 1.807) is 7.11 Å². The number of hydrazine groups is 1. The monoisotopic (exact) mass is 232 g/mol. The molecule has 0 radical (unpaired) electrons. The lowest BCUT2D eigenvalue weighted by molar-refractivity contribution is 0.0416. The molecular weight excluding hydrogens is 208 g/mol. The van der Waals surface area contributed by atoms with Crippen LogP contribution in [0, 0.1) is 5.92 Å². The highest BCUT2D eigenvalue weighted by Gasteiger charge is 2.16. The summed E-state index contributed by atoms with van der Waals surface area (Å²) >= 11 is 0. The molecule has 0 aliphatic carbocycles. The van der Waals surface area contributed by atoms with Gasteiger partial charge in [0.2, 0.25) is 0 Å². The van der Waals surface area contributed by atoms with E-state index in [-0.39, 0.29) is 6.10 Å². The SMILES string of the molecule is COC(CNNC(=O)OC(C)(C)C)C(C)C. The van der Waals surface area contributed by atoms with Crippen LogP contribution in [0.1, 0.15) is 34.6 Å². The Morgan fingerprint density at radius 1 is 1.31 bits per heavy atom. The number of methoxy groups -OCH3 is 1. The van der Waals surface area contributed by atoms with Crippen molar-refractivity contribution < 1.29 is 14.3 Å². The molecule has 0 aliphatic rings. The first-order chi connectivity index (χ1) is 7.26. The third-order valence-electron chi connectivity index (χ3n) is 1.94. The molecular formula is C11H24N2O3. The molecule has 5 nitrogen and oxygen atoms in total. The molecule has 0 heterocycles. The summed E-state index contributed by atoms with van der Waals surface area (Å²) in [7, 11) is 1.65. The van der Waals surface area contributed by atoms with E-state index in [1.807, 2.05) is 20.8 Å². The molecule has 0 rings (SSSR count). The summed E-state index contributed by atoms with van der Waals surface area (Å²) in [6.45, 7) is 10.1. The van der Waals surface area contributed by atoms with Crippen LogP contribution < -0.4 is 10.9 Å². The van der Waals surface area contributed by atoms with Crippen molar-refractivity contribution in [3.8, 4) is 0 Å². The first-order valence-electron chi connectivity index (χ1n) is 5.51. The van der Waals surface area contributed by atoms with E-state index in [0.29, 0.717) is 12.5 Å². The number of carbonyl (C=O) groups excluding carboxylic acids is 1. The van der Waals surface area contributed by atoms with Crippen molar-refractivity contribution in [2.45, 2.75) is 46.3 Å². The van der Waals surface area contributed by atoms with E-state index in [1.165, 1.54) is 0 Å². The Balaban J connectivity index is 3.77. The molecule has 0 saturated heterocycles. The molecule has 0 bridgehead atoms. The summed E-state index contributed by atoms with van der Waals surface area (Å²) in [4.78, 5) is 11.3. The van der Waals surface area contributed by atoms with Crippen LogP contribution in [-0.2, 0) is 9.47 Å². The maximum Gasteiger partial charge on any atom is 0.422 e. The van der Waals surface area contributed by atoms with Crippen LogP contribution in [0.2, 0.25) is 0 Å². The van der Waals surface area contributed by atoms with Gasteiger partial charge >= 0.3 is 6.09 Å². The van der Waals surface area contributed by atoms with Gasteiger partial charge in [0.25, 0.3) is 0 Å². The van der Waals surface area contributed by atoms with Crippen LogP contribution in [0.3, 0.4) is 0 Å². The number of amides is 1. The fraction of sp³-hybridized carbons (Fsp3) is 0.909. The average molecular weight is 232 g/mol.